The molecule has 1 aromatic carbocycles. The van der Waals surface area contributed by atoms with Crippen molar-refractivity contribution < 1.29 is 4.79 Å². The molecule has 0 radical (unpaired) electrons. The lowest BCUT2D eigenvalue weighted by molar-refractivity contribution is 0.0759. The highest BCUT2D eigenvalue weighted by atomic mass is 35.5. The predicted octanol–water partition coefficient (Wildman–Crippen LogP) is 3.51. The molecule has 0 saturated carbocycles. The van der Waals surface area contributed by atoms with Gasteiger partial charge >= 0.3 is 0 Å². The van der Waals surface area contributed by atoms with E-state index in [1.54, 1.807) is 35.2 Å². The zero-order valence-electron chi connectivity index (χ0n) is 11.4. The van der Waals surface area contributed by atoms with Gasteiger partial charge in [-0.2, -0.15) is 0 Å². The van der Waals surface area contributed by atoms with Crippen LogP contribution < -0.4 is 0 Å². The average Bonchev–Trinajstić information content (AvgIpc) is 2.83. The second kappa shape index (κ2) is 6.44. The van der Waals surface area contributed by atoms with Gasteiger partial charge in [0.2, 0.25) is 0 Å². The Morgan fingerprint density at radius 2 is 2.20 bits per heavy atom. The number of rotatable bonds is 5. The van der Waals surface area contributed by atoms with Crippen LogP contribution in [0.15, 0.2) is 55.3 Å². The van der Waals surface area contributed by atoms with Crippen molar-refractivity contribution in [3.63, 3.8) is 0 Å². The lowest BCUT2D eigenvalue weighted by atomic mass is 10.2. The number of hydrogen-bond acceptors (Lipinski definition) is 1. The van der Waals surface area contributed by atoms with Crippen LogP contribution in [0.4, 0.5) is 0 Å². The summed E-state index contributed by atoms with van der Waals surface area (Å²) in [5.74, 6) is -0.0476. The summed E-state index contributed by atoms with van der Waals surface area (Å²) in [5, 5.41) is 0.563. The maximum atomic E-state index is 12.5. The van der Waals surface area contributed by atoms with Crippen LogP contribution in [0, 0.1) is 0 Å². The summed E-state index contributed by atoms with van der Waals surface area (Å²) in [6, 6.07) is 11.0. The maximum Gasteiger partial charge on any atom is 0.254 e. The molecule has 104 valence electrons. The first-order valence-corrected chi connectivity index (χ1v) is 6.75. The van der Waals surface area contributed by atoms with Crippen molar-refractivity contribution in [2.24, 2.45) is 7.05 Å². The average molecular weight is 289 g/mol. The van der Waals surface area contributed by atoms with Gasteiger partial charge in [0.15, 0.2) is 0 Å². The van der Waals surface area contributed by atoms with Gasteiger partial charge in [0.1, 0.15) is 0 Å². The van der Waals surface area contributed by atoms with Crippen molar-refractivity contribution >= 4 is 17.5 Å². The minimum Gasteiger partial charge on any atom is -0.353 e. The number of benzene rings is 1. The molecular weight excluding hydrogens is 272 g/mol. The number of aromatic nitrogens is 1. The van der Waals surface area contributed by atoms with Crippen molar-refractivity contribution in [2.75, 3.05) is 6.54 Å². The van der Waals surface area contributed by atoms with Crippen molar-refractivity contribution in [1.29, 1.82) is 0 Å². The van der Waals surface area contributed by atoms with E-state index >= 15 is 0 Å². The van der Waals surface area contributed by atoms with Crippen LogP contribution >= 0.6 is 11.6 Å². The monoisotopic (exact) mass is 288 g/mol. The molecule has 0 bridgehead atoms. The highest BCUT2D eigenvalue weighted by molar-refractivity contribution is 6.30. The van der Waals surface area contributed by atoms with Crippen molar-refractivity contribution in [3.05, 3.63) is 71.5 Å². The summed E-state index contributed by atoms with van der Waals surface area (Å²) >= 11 is 5.94. The van der Waals surface area contributed by atoms with E-state index < -0.39 is 0 Å². The van der Waals surface area contributed by atoms with E-state index in [2.05, 4.69) is 6.58 Å². The molecular formula is C16H17ClN2O. The molecule has 0 aliphatic carbocycles. The fourth-order valence-electron chi connectivity index (χ4n) is 2.04. The van der Waals surface area contributed by atoms with Gasteiger partial charge < -0.3 is 9.47 Å². The standard InChI is InChI=1S/C16H17ClN2O/c1-3-9-19(12-15-8-5-10-18(15)2)16(20)13-6-4-7-14(17)11-13/h3-8,10-11H,1,9,12H2,2H3. The van der Waals surface area contributed by atoms with Crippen LogP contribution in [-0.2, 0) is 13.6 Å². The third-order valence-electron chi connectivity index (χ3n) is 3.11. The van der Waals surface area contributed by atoms with Gasteiger partial charge in [0.05, 0.1) is 6.54 Å². The zero-order valence-corrected chi connectivity index (χ0v) is 12.2. The van der Waals surface area contributed by atoms with Crippen LogP contribution in [-0.4, -0.2) is 21.9 Å². The second-order valence-electron chi connectivity index (χ2n) is 4.60. The molecule has 1 heterocycles. The molecule has 2 aromatic rings. The molecule has 0 aliphatic heterocycles. The Morgan fingerprint density at radius 1 is 1.40 bits per heavy atom. The lowest BCUT2D eigenvalue weighted by Crippen LogP contribution is -2.31. The summed E-state index contributed by atoms with van der Waals surface area (Å²) in [6.07, 6.45) is 3.69. The molecule has 1 amide bonds. The molecule has 20 heavy (non-hydrogen) atoms. The molecule has 0 aliphatic rings. The van der Waals surface area contributed by atoms with Gasteiger partial charge in [-0.1, -0.05) is 23.7 Å². The van der Waals surface area contributed by atoms with Gasteiger partial charge in [-0.25, -0.2) is 0 Å². The first-order valence-electron chi connectivity index (χ1n) is 6.37. The number of aryl methyl sites for hydroxylation is 1. The molecule has 4 heteroatoms. The molecule has 3 nitrogen and oxygen atoms in total. The normalized spacial score (nSPS) is 10.3. The van der Waals surface area contributed by atoms with Crippen LogP contribution in [0.25, 0.3) is 0 Å². The highest BCUT2D eigenvalue weighted by Gasteiger charge is 2.16. The largest absolute Gasteiger partial charge is 0.353 e. The number of halogens is 1. The number of carbonyl (C=O) groups is 1. The first-order chi connectivity index (χ1) is 9.61. The van der Waals surface area contributed by atoms with Gasteiger partial charge in [-0.15, -0.1) is 6.58 Å². The minimum atomic E-state index is -0.0476. The Labute approximate surface area is 124 Å². The Kier molecular flexibility index (Phi) is 4.64. The van der Waals surface area contributed by atoms with Gasteiger partial charge in [-0.05, 0) is 30.3 Å². The summed E-state index contributed by atoms with van der Waals surface area (Å²) in [5.41, 5.74) is 1.66. The van der Waals surface area contributed by atoms with E-state index in [0.29, 0.717) is 23.7 Å². The molecule has 0 saturated heterocycles. The summed E-state index contributed by atoms with van der Waals surface area (Å²) in [7, 11) is 1.96. The van der Waals surface area contributed by atoms with Crippen LogP contribution in [0.5, 0.6) is 0 Å². The molecule has 0 N–H and O–H groups in total. The first kappa shape index (κ1) is 14.4. The molecule has 2 rings (SSSR count). The lowest BCUT2D eigenvalue weighted by Gasteiger charge is -2.21. The fraction of sp³-hybridized carbons (Fsp3) is 0.188. The Bertz CT molecular complexity index is 618. The van der Waals surface area contributed by atoms with Crippen molar-refractivity contribution in [2.45, 2.75) is 6.54 Å². The quantitative estimate of drug-likeness (QED) is 0.773. The Balaban J connectivity index is 2.22. The molecule has 1 aromatic heterocycles. The minimum absolute atomic E-state index is 0.0476. The Hall–Kier alpha value is -2.00. The number of nitrogens with zero attached hydrogens (tertiary/aromatic N) is 2. The van der Waals surface area contributed by atoms with Crippen molar-refractivity contribution in [3.8, 4) is 0 Å². The van der Waals surface area contributed by atoms with Gasteiger partial charge in [-0.3, -0.25) is 4.79 Å². The molecule has 0 unspecified atom stereocenters. The zero-order chi connectivity index (χ0) is 14.5. The summed E-state index contributed by atoms with van der Waals surface area (Å²) < 4.78 is 2.00. The summed E-state index contributed by atoms with van der Waals surface area (Å²) in [4.78, 5) is 14.3. The van der Waals surface area contributed by atoms with E-state index in [1.165, 1.54) is 0 Å². The smallest absolute Gasteiger partial charge is 0.254 e. The molecule has 0 fully saturated rings. The van der Waals surface area contributed by atoms with E-state index in [4.69, 9.17) is 11.6 Å². The number of hydrogen-bond donors (Lipinski definition) is 0. The topological polar surface area (TPSA) is 25.2 Å². The maximum absolute atomic E-state index is 12.5. The fourth-order valence-corrected chi connectivity index (χ4v) is 2.23. The third-order valence-corrected chi connectivity index (χ3v) is 3.35. The number of amides is 1. The molecule has 0 atom stereocenters. The SMILES string of the molecule is C=CCN(Cc1cccn1C)C(=O)c1cccc(Cl)c1. The number of carbonyl (C=O) groups excluding carboxylic acids is 1. The van der Waals surface area contributed by atoms with E-state index in [-0.39, 0.29) is 5.91 Å². The van der Waals surface area contributed by atoms with E-state index in [0.717, 1.165) is 5.69 Å². The van der Waals surface area contributed by atoms with Gasteiger partial charge in [0.25, 0.3) is 5.91 Å². The van der Waals surface area contributed by atoms with Crippen LogP contribution in [0.3, 0.4) is 0 Å². The van der Waals surface area contributed by atoms with Gasteiger partial charge in [0, 0.05) is 36.1 Å². The van der Waals surface area contributed by atoms with Crippen LogP contribution in [0.1, 0.15) is 16.1 Å². The molecule has 0 spiro atoms. The second-order valence-corrected chi connectivity index (χ2v) is 5.03. The van der Waals surface area contributed by atoms with Crippen LogP contribution in [0.2, 0.25) is 5.02 Å². The summed E-state index contributed by atoms with van der Waals surface area (Å²) in [6.45, 7) is 4.76. The Morgan fingerprint density at radius 3 is 2.80 bits per heavy atom. The van der Waals surface area contributed by atoms with Crippen molar-refractivity contribution in [1.82, 2.24) is 9.47 Å². The third kappa shape index (κ3) is 3.31. The van der Waals surface area contributed by atoms with E-state index in [1.807, 2.05) is 29.9 Å². The van der Waals surface area contributed by atoms with E-state index in [9.17, 15) is 4.79 Å². The predicted molar refractivity (Wildman–Crippen MR) is 81.8 cm³/mol. The highest BCUT2D eigenvalue weighted by Crippen LogP contribution is 2.14.